The Labute approximate surface area is 121 Å². The highest BCUT2D eigenvalue weighted by molar-refractivity contribution is 5.93. The van der Waals surface area contributed by atoms with E-state index in [4.69, 9.17) is 4.52 Å². The summed E-state index contributed by atoms with van der Waals surface area (Å²) < 4.78 is 19.0. The smallest absolute Gasteiger partial charge is 0.274 e. The molecular formula is C15H16FN3O2. The number of nitrogens with zero attached hydrogens (tertiary/aromatic N) is 2. The van der Waals surface area contributed by atoms with Gasteiger partial charge in [-0.2, -0.15) is 0 Å². The van der Waals surface area contributed by atoms with E-state index in [1.807, 2.05) is 0 Å². The molecule has 0 spiro atoms. The summed E-state index contributed by atoms with van der Waals surface area (Å²) in [6.45, 7) is 1.70. The number of aryl methyl sites for hydroxylation is 2. The first-order valence-electron chi connectivity index (χ1n) is 7.02. The lowest BCUT2D eigenvalue weighted by Crippen LogP contribution is -2.25. The van der Waals surface area contributed by atoms with Gasteiger partial charge in [0.25, 0.3) is 5.91 Å². The molecule has 0 fully saturated rings. The molecule has 6 heteroatoms. The summed E-state index contributed by atoms with van der Waals surface area (Å²) in [5.41, 5.74) is 1.93. The number of amides is 1. The van der Waals surface area contributed by atoms with Gasteiger partial charge in [-0.3, -0.25) is 9.78 Å². The molecule has 0 saturated carbocycles. The van der Waals surface area contributed by atoms with Crippen LogP contribution >= 0.6 is 0 Å². The zero-order valence-corrected chi connectivity index (χ0v) is 11.8. The van der Waals surface area contributed by atoms with Crippen LogP contribution in [0.2, 0.25) is 0 Å². The average Bonchev–Trinajstić information content (AvgIpc) is 2.92. The zero-order chi connectivity index (χ0) is 14.8. The van der Waals surface area contributed by atoms with Crippen molar-refractivity contribution >= 4 is 5.91 Å². The van der Waals surface area contributed by atoms with Crippen molar-refractivity contribution in [1.29, 1.82) is 0 Å². The Morgan fingerprint density at radius 2 is 2.24 bits per heavy atom. The summed E-state index contributed by atoms with van der Waals surface area (Å²) in [5.74, 6) is 0.0656. The molecule has 5 nitrogen and oxygen atoms in total. The van der Waals surface area contributed by atoms with E-state index < -0.39 is 0 Å². The van der Waals surface area contributed by atoms with Crippen molar-refractivity contribution in [3.05, 3.63) is 46.4 Å². The molecule has 1 amide bonds. The molecule has 1 aliphatic rings. The minimum absolute atomic E-state index is 0.0357. The van der Waals surface area contributed by atoms with E-state index in [1.165, 1.54) is 6.20 Å². The Morgan fingerprint density at radius 3 is 3.10 bits per heavy atom. The number of rotatable bonds is 3. The molecule has 3 rings (SSSR count). The molecule has 2 aromatic heterocycles. The highest BCUT2D eigenvalue weighted by atomic mass is 19.1. The largest absolute Gasteiger partial charge is 0.360 e. The molecular weight excluding hydrogens is 273 g/mol. The lowest BCUT2D eigenvalue weighted by atomic mass is 9.96. The van der Waals surface area contributed by atoms with Gasteiger partial charge in [0.15, 0.2) is 5.69 Å². The molecule has 0 bridgehead atoms. The van der Waals surface area contributed by atoms with Gasteiger partial charge in [0.1, 0.15) is 11.6 Å². The Hall–Kier alpha value is -2.24. The highest BCUT2D eigenvalue weighted by Gasteiger charge is 2.24. The topological polar surface area (TPSA) is 68.0 Å². The number of halogens is 1. The summed E-state index contributed by atoms with van der Waals surface area (Å²) >= 11 is 0. The van der Waals surface area contributed by atoms with E-state index in [0.29, 0.717) is 11.3 Å². The highest BCUT2D eigenvalue weighted by Crippen LogP contribution is 2.24. The Balaban J connectivity index is 1.72. The first kappa shape index (κ1) is 13.7. The number of carbonyl (C=O) groups excluding carboxylic acids is 1. The summed E-state index contributed by atoms with van der Waals surface area (Å²) in [5, 5.41) is 6.50. The predicted molar refractivity (Wildman–Crippen MR) is 73.2 cm³/mol. The first-order valence-corrected chi connectivity index (χ1v) is 7.02. The molecule has 2 aromatic rings. The van der Waals surface area contributed by atoms with E-state index in [9.17, 15) is 9.18 Å². The molecule has 1 aliphatic carbocycles. The summed E-state index contributed by atoms with van der Waals surface area (Å²) in [7, 11) is 0. The third-order valence-corrected chi connectivity index (χ3v) is 3.74. The third kappa shape index (κ3) is 2.66. The fraction of sp³-hybridized carbons (Fsp3) is 0.400. The lowest BCUT2D eigenvalue weighted by Gasteiger charge is -2.09. The van der Waals surface area contributed by atoms with Crippen LogP contribution in [0.15, 0.2) is 16.8 Å². The second-order valence-corrected chi connectivity index (χ2v) is 5.21. The van der Waals surface area contributed by atoms with Gasteiger partial charge < -0.3 is 9.84 Å². The normalized spacial score (nSPS) is 13.8. The number of aromatic nitrogens is 2. The van der Waals surface area contributed by atoms with Gasteiger partial charge in [0.05, 0.1) is 12.2 Å². The van der Waals surface area contributed by atoms with E-state index in [0.717, 1.165) is 37.0 Å². The molecule has 1 N–H and O–H groups in total. The Bertz CT molecular complexity index is 682. The van der Waals surface area contributed by atoms with Gasteiger partial charge in [-0.1, -0.05) is 5.16 Å². The number of pyridine rings is 1. The molecule has 2 heterocycles. The zero-order valence-electron chi connectivity index (χ0n) is 11.8. The van der Waals surface area contributed by atoms with Crippen LogP contribution < -0.4 is 5.32 Å². The van der Waals surface area contributed by atoms with Gasteiger partial charge in [-0.15, -0.1) is 0 Å². The lowest BCUT2D eigenvalue weighted by molar-refractivity contribution is 0.0940. The molecule has 0 aliphatic heterocycles. The van der Waals surface area contributed by atoms with Crippen molar-refractivity contribution in [3.8, 4) is 0 Å². The van der Waals surface area contributed by atoms with Crippen molar-refractivity contribution < 1.29 is 13.7 Å². The molecule has 0 aromatic carbocycles. The molecule has 110 valence electrons. The minimum atomic E-state index is -0.389. The molecule has 0 atom stereocenters. The Morgan fingerprint density at radius 1 is 1.43 bits per heavy atom. The summed E-state index contributed by atoms with van der Waals surface area (Å²) in [6.07, 6.45) is 5.24. The van der Waals surface area contributed by atoms with Crippen LogP contribution in [0.4, 0.5) is 4.39 Å². The predicted octanol–water partition coefficient (Wildman–Crippen LogP) is 2.33. The maximum atomic E-state index is 13.8. The van der Waals surface area contributed by atoms with Crippen molar-refractivity contribution in [2.24, 2.45) is 0 Å². The van der Waals surface area contributed by atoms with Crippen molar-refractivity contribution in [2.45, 2.75) is 39.2 Å². The van der Waals surface area contributed by atoms with Crippen LogP contribution in [0.5, 0.6) is 0 Å². The minimum Gasteiger partial charge on any atom is -0.360 e. The van der Waals surface area contributed by atoms with Crippen LogP contribution in [0.25, 0.3) is 0 Å². The van der Waals surface area contributed by atoms with E-state index in [2.05, 4.69) is 15.5 Å². The SMILES string of the molecule is Cc1ccnc(CNC(=O)c2noc3c2CCCC3)c1F. The Kier molecular flexibility index (Phi) is 3.68. The first-order chi connectivity index (χ1) is 10.2. The number of hydrogen-bond donors (Lipinski definition) is 1. The van der Waals surface area contributed by atoms with E-state index in [-0.39, 0.29) is 24.0 Å². The second-order valence-electron chi connectivity index (χ2n) is 5.21. The number of carbonyl (C=O) groups is 1. The maximum Gasteiger partial charge on any atom is 0.274 e. The van der Waals surface area contributed by atoms with Gasteiger partial charge in [0.2, 0.25) is 0 Å². The number of hydrogen-bond acceptors (Lipinski definition) is 4. The standard InChI is InChI=1S/C15H16FN3O2/c1-9-6-7-17-11(13(9)16)8-18-15(20)14-10-4-2-3-5-12(10)21-19-14/h6-7H,2-5,8H2,1H3,(H,18,20). The van der Waals surface area contributed by atoms with Crippen LogP contribution in [-0.2, 0) is 19.4 Å². The monoisotopic (exact) mass is 289 g/mol. The molecule has 21 heavy (non-hydrogen) atoms. The third-order valence-electron chi connectivity index (χ3n) is 3.74. The van der Waals surface area contributed by atoms with Crippen LogP contribution in [-0.4, -0.2) is 16.0 Å². The van der Waals surface area contributed by atoms with Crippen LogP contribution in [0.3, 0.4) is 0 Å². The van der Waals surface area contributed by atoms with Crippen molar-refractivity contribution in [1.82, 2.24) is 15.5 Å². The molecule has 0 saturated heterocycles. The summed E-state index contributed by atoms with van der Waals surface area (Å²) in [4.78, 5) is 16.1. The van der Waals surface area contributed by atoms with Crippen LogP contribution in [0, 0.1) is 12.7 Å². The van der Waals surface area contributed by atoms with E-state index in [1.54, 1.807) is 13.0 Å². The molecule has 0 unspecified atom stereocenters. The average molecular weight is 289 g/mol. The van der Waals surface area contributed by atoms with Crippen LogP contribution in [0.1, 0.15) is 45.9 Å². The summed E-state index contributed by atoms with van der Waals surface area (Å²) in [6, 6.07) is 1.59. The fourth-order valence-corrected chi connectivity index (χ4v) is 2.53. The quantitative estimate of drug-likeness (QED) is 0.941. The van der Waals surface area contributed by atoms with Gasteiger partial charge in [-0.05, 0) is 37.8 Å². The number of nitrogens with one attached hydrogen (secondary N) is 1. The maximum absolute atomic E-state index is 13.8. The van der Waals surface area contributed by atoms with Gasteiger partial charge in [-0.25, -0.2) is 4.39 Å². The van der Waals surface area contributed by atoms with Gasteiger partial charge in [0, 0.05) is 18.2 Å². The van der Waals surface area contributed by atoms with Gasteiger partial charge >= 0.3 is 0 Å². The molecule has 0 radical (unpaired) electrons. The van der Waals surface area contributed by atoms with Crippen molar-refractivity contribution in [2.75, 3.05) is 0 Å². The van der Waals surface area contributed by atoms with E-state index >= 15 is 0 Å². The van der Waals surface area contributed by atoms with Crippen molar-refractivity contribution in [3.63, 3.8) is 0 Å². The second kappa shape index (κ2) is 5.63. The fourth-order valence-electron chi connectivity index (χ4n) is 2.53. The number of fused-ring (bicyclic) bond motifs is 1.